The van der Waals surface area contributed by atoms with Crippen LogP contribution in [0.2, 0.25) is 0 Å². The number of nitrogens with two attached hydrogens (primary N) is 1. The first-order valence-electron chi connectivity index (χ1n) is 6.57. The van der Waals surface area contributed by atoms with Gasteiger partial charge in [-0.25, -0.2) is 4.98 Å². The maximum absolute atomic E-state index is 11.4. The second-order valence-corrected chi connectivity index (χ2v) is 4.94. The highest BCUT2D eigenvalue weighted by Gasteiger charge is 2.28. The number of esters is 1. The van der Waals surface area contributed by atoms with E-state index in [1.165, 1.54) is 7.11 Å². The van der Waals surface area contributed by atoms with Crippen LogP contribution in [0, 0.1) is 12.8 Å². The van der Waals surface area contributed by atoms with Crippen LogP contribution in [0.3, 0.4) is 0 Å². The number of methoxy groups -OCH3 is 1. The molecule has 0 spiro atoms. The van der Waals surface area contributed by atoms with Crippen molar-refractivity contribution in [2.45, 2.75) is 38.7 Å². The molecular weight excluding hydrogens is 244 g/mol. The molecule has 1 aliphatic rings. The fourth-order valence-electron chi connectivity index (χ4n) is 2.37. The first-order chi connectivity index (χ1) is 9.10. The average Bonchev–Trinajstić information content (AvgIpc) is 2.43. The van der Waals surface area contributed by atoms with E-state index in [4.69, 9.17) is 15.2 Å². The van der Waals surface area contributed by atoms with Gasteiger partial charge in [0.15, 0.2) is 0 Å². The molecule has 1 aromatic heterocycles. The van der Waals surface area contributed by atoms with Crippen LogP contribution in [0.4, 0.5) is 5.69 Å². The Morgan fingerprint density at radius 1 is 1.32 bits per heavy atom. The molecule has 0 radical (unpaired) electrons. The number of nitrogen functional groups attached to an aromatic ring is 1. The summed E-state index contributed by atoms with van der Waals surface area (Å²) in [7, 11) is 1.44. The zero-order valence-corrected chi connectivity index (χ0v) is 11.4. The third-order valence-electron chi connectivity index (χ3n) is 3.60. The summed E-state index contributed by atoms with van der Waals surface area (Å²) in [5.41, 5.74) is 7.17. The number of pyridine rings is 1. The summed E-state index contributed by atoms with van der Waals surface area (Å²) in [6.07, 6.45) is 3.45. The van der Waals surface area contributed by atoms with Gasteiger partial charge in [-0.3, -0.25) is 4.79 Å². The van der Waals surface area contributed by atoms with E-state index < -0.39 is 0 Å². The molecule has 0 aromatic carbocycles. The van der Waals surface area contributed by atoms with Gasteiger partial charge in [0.25, 0.3) is 0 Å². The molecule has 1 aliphatic carbocycles. The van der Waals surface area contributed by atoms with Crippen LogP contribution in [0.5, 0.6) is 5.88 Å². The SMILES string of the molecule is COC(=O)[C@H]1CC[C@H](Oc2ccc(N)c(C)n2)CC1. The van der Waals surface area contributed by atoms with Gasteiger partial charge in [-0.1, -0.05) is 0 Å². The monoisotopic (exact) mass is 264 g/mol. The highest BCUT2D eigenvalue weighted by molar-refractivity contribution is 5.72. The fraction of sp³-hybridized carbons (Fsp3) is 0.571. The van der Waals surface area contributed by atoms with Crippen LogP contribution in [-0.4, -0.2) is 24.2 Å². The summed E-state index contributed by atoms with van der Waals surface area (Å²) in [5.74, 6) is 0.513. The van der Waals surface area contributed by atoms with Gasteiger partial charge in [-0.15, -0.1) is 0 Å². The number of carbonyl (C=O) groups excluding carboxylic acids is 1. The molecule has 2 rings (SSSR count). The third-order valence-corrected chi connectivity index (χ3v) is 3.60. The van der Waals surface area contributed by atoms with Crippen molar-refractivity contribution in [3.63, 3.8) is 0 Å². The Morgan fingerprint density at radius 2 is 2.00 bits per heavy atom. The van der Waals surface area contributed by atoms with Crippen LogP contribution in [0.15, 0.2) is 12.1 Å². The summed E-state index contributed by atoms with van der Waals surface area (Å²) >= 11 is 0. The van der Waals surface area contributed by atoms with Crippen molar-refractivity contribution < 1.29 is 14.3 Å². The lowest BCUT2D eigenvalue weighted by Gasteiger charge is -2.27. The van der Waals surface area contributed by atoms with Crippen LogP contribution < -0.4 is 10.5 Å². The minimum atomic E-state index is -0.111. The molecule has 104 valence electrons. The van der Waals surface area contributed by atoms with Gasteiger partial charge in [0, 0.05) is 6.07 Å². The van der Waals surface area contributed by atoms with Crippen molar-refractivity contribution in [1.82, 2.24) is 4.98 Å². The van der Waals surface area contributed by atoms with Crippen LogP contribution in [-0.2, 0) is 9.53 Å². The van der Waals surface area contributed by atoms with Crippen molar-refractivity contribution in [3.05, 3.63) is 17.8 Å². The summed E-state index contributed by atoms with van der Waals surface area (Å²) in [6, 6.07) is 3.59. The van der Waals surface area contributed by atoms with Crippen molar-refractivity contribution in [1.29, 1.82) is 0 Å². The van der Waals surface area contributed by atoms with Gasteiger partial charge in [-0.05, 0) is 38.7 Å². The number of nitrogens with zero attached hydrogens (tertiary/aromatic N) is 1. The quantitative estimate of drug-likeness (QED) is 0.846. The lowest BCUT2D eigenvalue weighted by atomic mass is 9.87. The van der Waals surface area contributed by atoms with Crippen LogP contribution in [0.25, 0.3) is 0 Å². The number of aryl methyl sites for hydroxylation is 1. The molecule has 5 heteroatoms. The summed E-state index contributed by atoms with van der Waals surface area (Å²) < 4.78 is 10.6. The number of carbonyl (C=O) groups is 1. The van der Waals surface area contributed by atoms with E-state index in [-0.39, 0.29) is 18.0 Å². The lowest BCUT2D eigenvalue weighted by Crippen LogP contribution is -2.28. The molecule has 1 aromatic rings. The molecule has 19 heavy (non-hydrogen) atoms. The van der Waals surface area contributed by atoms with E-state index in [2.05, 4.69) is 4.98 Å². The molecule has 0 bridgehead atoms. The molecule has 0 saturated heterocycles. The van der Waals surface area contributed by atoms with Crippen LogP contribution in [0.1, 0.15) is 31.4 Å². The van der Waals surface area contributed by atoms with Gasteiger partial charge in [0.05, 0.1) is 24.4 Å². The predicted molar refractivity (Wildman–Crippen MR) is 71.8 cm³/mol. The number of ether oxygens (including phenoxy) is 2. The molecule has 0 aliphatic heterocycles. The molecule has 5 nitrogen and oxygen atoms in total. The van der Waals surface area contributed by atoms with E-state index in [0.717, 1.165) is 31.4 Å². The van der Waals surface area contributed by atoms with Crippen LogP contribution >= 0.6 is 0 Å². The van der Waals surface area contributed by atoms with Crippen molar-refractivity contribution in [2.75, 3.05) is 12.8 Å². The average molecular weight is 264 g/mol. The lowest BCUT2D eigenvalue weighted by molar-refractivity contribution is -0.147. The minimum absolute atomic E-state index is 0.0194. The highest BCUT2D eigenvalue weighted by atomic mass is 16.5. The standard InChI is InChI=1S/C14H20N2O3/c1-9-12(15)7-8-13(16-9)19-11-5-3-10(4-6-11)14(17)18-2/h7-8,10-11H,3-6,15H2,1-2H3/t10-,11-. The summed E-state index contributed by atoms with van der Waals surface area (Å²) in [6.45, 7) is 1.86. The number of anilines is 1. The molecule has 1 heterocycles. The largest absolute Gasteiger partial charge is 0.474 e. The normalized spacial score (nSPS) is 22.8. The van der Waals surface area contributed by atoms with Crippen molar-refractivity contribution in [2.24, 2.45) is 5.92 Å². The second kappa shape index (κ2) is 5.91. The summed E-state index contributed by atoms with van der Waals surface area (Å²) in [5, 5.41) is 0. The first kappa shape index (κ1) is 13.6. The molecule has 0 unspecified atom stereocenters. The molecule has 2 N–H and O–H groups in total. The smallest absolute Gasteiger partial charge is 0.308 e. The Kier molecular flexibility index (Phi) is 4.24. The number of aromatic nitrogens is 1. The Hall–Kier alpha value is -1.78. The van der Waals surface area contributed by atoms with Gasteiger partial charge < -0.3 is 15.2 Å². The second-order valence-electron chi connectivity index (χ2n) is 4.94. The maximum atomic E-state index is 11.4. The van der Waals surface area contributed by atoms with Gasteiger partial charge >= 0.3 is 5.97 Å². The van der Waals surface area contributed by atoms with Crippen molar-refractivity contribution >= 4 is 11.7 Å². The Balaban J connectivity index is 1.88. The number of hydrogen-bond acceptors (Lipinski definition) is 5. The van der Waals surface area contributed by atoms with Gasteiger partial charge in [0.1, 0.15) is 6.10 Å². The van der Waals surface area contributed by atoms with E-state index in [1.807, 2.05) is 6.92 Å². The Bertz CT molecular complexity index is 454. The number of rotatable bonds is 3. The van der Waals surface area contributed by atoms with Crippen molar-refractivity contribution in [3.8, 4) is 5.88 Å². The number of hydrogen-bond donors (Lipinski definition) is 1. The predicted octanol–water partition coefficient (Wildman–Crippen LogP) is 2.08. The van der Waals surface area contributed by atoms with Gasteiger partial charge in [0.2, 0.25) is 5.88 Å². The summed E-state index contributed by atoms with van der Waals surface area (Å²) in [4.78, 5) is 15.7. The van der Waals surface area contributed by atoms with E-state index in [1.54, 1.807) is 12.1 Å². The minimum Gasteiger partial charge on any atom is -0.474 e. The molecule has 0 atom stereocenters. The zero-order valence-electron chi connectivity index (χ0n) is 11.4. The topological polar surface area (TPSA) is 74.4 Å². The van der Waals surface area contributed by atoms with Gasteiger partial charge in [-0.2, -0.15) is 0 Å². The Morgan fingerprint density at radius 3 is 2.58 bits per heavy atom. The molecular formula is C14H20N2O3. The maximum Gasteiger partial charge on any atom is 0.308 e. The van der Waals surface area contributed by atoms with E-state index in [0.29, 0.717) is 11.6 Å². The molecule has 1 fully saturated rings. The Labute approximate surface area is 113 Å². The molecule has 0 amide bonds. The van der Waals surface area contributed by atoms with E-state index in [9.17, 15) is 4.79 Å². The molecule has 1 saturated carbocycles. The third kappa shape index (κ3) is 3.36. The highest BCUT2D eigenvalue weighted by Crippen LogP contribution is 2.28. The van der Waals surface area contributed by atoms with E-state index >= 15 is 0 Å². The zero-order chi connectivity index (χ0) is 13.8. The fourth-order valence-corrected chi connectivity index (χ4v) is 2.37. The first-order valence-corrected chi connectivity index (χ1v) is 6.57.